The summed E-state index contributed by atoms with van der Waals surface area (Å²) in [5.74, 6) is 0. The lowest BCUT2D eigenvalue weighted by atomic mass is 10.1. The van der Waals surface area contributed by atoms with Gasteiger partial charge in [0.2, 0.25) is 0 Å². The van der Waals surface area contributed by atoms with E-state index in [0.717, 1.165) is 15.7 Å². The molecule has 5 heteroatoms. The molecule has 23 heavy (non-hydrogen) atoms. The monoisotopic (exact) mass is 387 g/mol. The average molecular weight is 388 g/mol. The lowest BCUT2D eigenvalue weighted by Gasteiger charge is -2.11. The minimum absolute atomic E-state index is 0.454. The predicted octanol–water partition coefficient (Wildman–Crippen LogP) is 5.01. The summed E-state index contributed by atoms with van der Waals surface area (Å²) in [6.07, 6.45) is 3.65. The van der Waals surface area contributed by atoms with Crippen LogP contribution in [0.2, 0.25) is 0 Å². The van der Waals surface area contributed by atoms with Gasteiger partial charge in [-0.05, 0) is 70.8 Å². The number of hydrogen-bond donors (Lipinski definition) is 2. The fourth-order valence-electron chi connectivity index (χ4n) is 1.94. The molecule has 0 fully saturated rings. The third-order valence-electron chi connectivity index (χ3n) is 3.31. The molecule has 0 atom stereocenters. The predicted molar refractivity (Wildman–Crippen MR) is 107 cm³/mol. The Hall–Kier alpha value is -1.98. The number of hydrogen-bond acceptors (Lipinski definition) is 2. The van der Waals surface area contributed by atoms with Crippen molar-refractivity contribution in [3.63, 3.8) is 0 Å². The molecule has 2 rings (SSSR count). The van der Waals surface area contributed by atoms with Crippen molar-refractivity contribution < 1.29 is 0 Å². The molecule has 0 aromatic heterocycles. The molecule has 118 valence electrons. The molecule has 2 aromatic carbocycles. The Bertz CT molecular complexity index is 739. The van der Waals surface area contributed by atoms with Gasteiger partial charge < -0.3 is 5.32 Å². The maximum absolute atomic E-state index is 5.25. The molecule has 2 N–H and O–H groups in total. The number of nitrogens with zero attached hydrogens (tertiary/aromatic N) is 1. The topological polar surface area (TPSA) is 36.4 Å². The van der Waals surface area contributed by atoms with Crippen LogP contribution in [0, 0.1) is 13.8 Å². The summed E-state index contributed by atoms with van der Waals surface area (Å²) >= 11 is 8.71. The van der Waals surface area contributed by atoms with Gasteiger partial charge in [0.1, 0.15) is 0 Å². The van der Waals surface area contributed by atoms with Crippen LogP contribution in [-0.2, 0) is 0 Å². The van der Waals surface area contributed by atoms with Gasteiger partial charge in [0, 0.05) is 10.2 Å². The van der Waals surface area contributed by atoms with Crippen LogP contribution in [0.3, 0.4) is 0 Å². The van der Waals surface area contributed by atoms with Crippen molar-refractivity contribution in [1.82, 2.24) is 5.43 Å². The fourth-order valence-corrected chi connectivity index (χ4v) is 2.46. The molecule has 0 aliphatic heterocycles. The van der Waals surface area contributed by atoms with E-state index < -0.39 is 0 Å². The molecule has 0 amide bonds. The summed E-state index contributed by atoms with van der Waals surface area (Å²) in [5.41, 5.74) is 7.28. The fraction of sp³-hybridized carbons (Fsp3) is 0.111. The van der Waals surface area contributed by atoms with E-state index in [0.29, 0.717) is 5.11 Å². The van der Waals surface area contributed by atoms with Crippen LogP contribution < -0.4 is 10.7 Å². The summed E-state index contributed by atoms with van der Waals surface area (Å²) in [5, 5.41) is 7.72. The maximum atomic E-state index is 5.25. The number of thiocarbonyl (C=S) groups is 1. The highest BCUT2D eigenvalue weighted by molar-refractivity contribution is 9.12. The minimum atomic E-state index is 0.454. The quantitative estimate of drug-likeness (QED) is 0.439. The smallest absolute Gasteiger partial charge is 0.191 e. The molecule has 0 spiro atoms. The molecule has 3 nitrogen and oxygen atoms in total. The Labute approximate surface area is 150 Å². The number of hydrazone groups is 1. The first-order valence-electron chi connectivity index (χ1n) is 7.15. The largest absolute Gasteiger partial charge is 0.331 e. The van der Waals surface area contributed by atoms with Gasteiger partial charge in [-0.25, -0.2) is 0 Å². The van der Waals surface area contributed by atoms with E-state index in [2.05, 4.69) is 51.7 Å². The highest BCUT2D eigenvalue weighted by Gasteiger charge is 2.01. The van der Waals surface area contributed by atoms with E-state index in [4.69, 9.17) is 12.2 Å². The second-order valence-electron chi connectivity index (χ2n) is 5.01. The van der Waals surface area contributed by atoms with Crippen molar-refractivity contribution in [2.45, 2.75) is 13.8 Å². The van der Waals surface area contributed by atoms with E-state index in [9.17, 15) is 0 Å². The van der Waals surface area contributed by atoms with Gasteiger partial charge in [-0.15, -0.1) is 0 Å². The van der Waals surface area contributed by atoms with Crippen LogP contribution in [0.25, 0.3) is 6.08 Å². The molecule has 0 saturated heterocycles. The van der Waals surface area contributed by atoms with E-state index in [1.54, 1.807) is 6.21 Å². The zero-order valence-corrected chi connectivity index (χ0v) is 15.4. The number of nitrogens with one attached hydrogen (secondary N) is 2. The number of benzene rings is 2. The molecular formula is C18H18BrN3S. The van der Waals surface area contributed by atoms with E-state index in [1.165, 1.54) is 11.1 Å². The Morgan fingerprint density at radius 1 is 1.09 bits per heavy atom. The van der Waals surface area contributed by atoms with Crippen molar-refractivity contribution in [3.05, 3.63) is 69.7 Å². The maximum Gasteiger partial charge on any atom is 0.191 e. The van der Waals surface area contributed by atoms with Crippen LogP contribution in [0.15, 0.2) is 58.1 Å². The first-order valence-corrected chi connectivity index (χ1v) is 8.35. The third kappa shape index (κ3) is 5.62. The van der Waals surface area contributed by atoms with Gasteiger partial charge in [-0.1, -0.05) is 42.5 Å². The Morgan fingerprint density at radius 3 is 2.57 bits per heavy atom. The van der Waals surface area contributed by atoms with Crippen LogP contribution in [0.1, 0.15) is 16.7 Å². The van der Waals surface area contributed by atoms with Gasteiger partial charge in [0.25, 0.3) is 0 Å². The standard InChI is InChI=1S/C18H18BrN3S/c1-13-7-6-10-17(14(13)2)21-18(23)22-20-12-16(19)11-15-8-4-3-5-9-15/h3-12H,1-2H3,(H2,21,22,23)/b16-11-,20-12-. The number of aryl methyl sites for hydroxylation is 1. The van der Waals surface area contributed by atoms with Gasteiger partial charge >= 0.3 is 0 Å². The van der Waals surface area contributed by atoms with Crippen molar-refractivity contribution >= 4 is 51.2 Å². The Kier molecular flexibility index (Phi) is 6.50. The Morgan fingerprint density at radius 2 is 1.83 bits per heavy atom. The molecule has 0 heterocycles. The summed E-state index contributed by atoms with van der Waals surface area (Å²) in [6, 6.07) is 16.1. The zero-order chi connectivity index (χ0) is 16.7. The van der Waals surface area contributed by atoms with Gasteiger partial charge in [0.05, 0.1) is 6.21 Å². The van der Waals surface area contributed by atoms with Crippen molar-refractivity contribution in [2.24, 2.45) is 5.10 Å². The lowest BCUT2D eigenvalue weighted by molar-refractivity contribution is 1.05. The number of allylic oxidation sites excluding steroid dienone is 1. The second-order valence-corrected chi connectivity index (χ2v) is 6.34. The van der Waals surface area contributed by atoms with Crippen molar-refractivity contribution in [2.75, 3.05) is 5.32 Å². The van der Waals surface area contributed by atoms with Crippen LogP contribution >= 0.6 is 28.1 Å². The zero-order valence-electron chi connectivity index (χ0n) is 13.0. The number of halogens is 1. The normalized spacial score (nSPS) is 11.5. The number of anilines is 1. The third-order valence-corrected chi connectivity index (χ3v) is 3.94. The van der Waals surface area contributed by atoms with Crippen molar-refractivity contribution in [1.29, 1.82) is 0 Å². The lowest BCUT2D eigenvalue weighted by Crippen LogP contribution is -2.24. The van der Waals surface area contributed by atoms with Crippen LogP contribution in [0.4, 0.5) is 5.69 Å². The average Bonchev–Trinajstić information content (AvgIpc) is 2.53. The summed E-state index contributed by atoms with van der Waals surface area (Å²) < 4.78 is 0.853. The van der Waals surface area contributed by atoms with Crippen LogP contribution in [-0.4, -0.2) is 11.3 Å². The molecule has 0 unspecified atom stereocenters. The first-order chi connectivity index (χ1) is 11.1. The molecular weight excluding hydrogens is 370 g/mol. The highest BCUT2D eigenvalue weighted by atomic mass is 79.9. The first kappa shape index (κ1) is 17.4. The van der Waals surface area contributed by atoms with Gasteiger partial charge in [-0.2, -0.15) is 5.10 Å². The minimum Gasteiger partial charge on any atom is -0.331 e. The number of rotatable bonds is 4. The summed E-state index contributed by atoms with van der Waals surface area (Å²) in [4.78, 5) is 0. The summed E-state index contributed by atoms with van der Waals surface area (Å²) in [7, 11) is 0. The molecule has 0 bridgehead atoms. The van der Waals surface area contributed by atoms with Gasteiger partial charge in [0.15, 0.2) is 5.11 Å². The summed E-state index contributed by atoms with van der Waals surface area (Å²) in [6.45, 7) is 4.13. The molecule has 0 radical (unpaired) electrons. The van der Waals surface area contributed by atoms with E-state index in [1.807, 2.05) is 48.5 Å². The Balaban J connectivity index is 1.91. The van der Waals surface area contributed by atoms with E-state index in [-0.39, 0.29) is 0 Å². The highest BCUT2D eigenvalue weighted by Crippen LogP contribution is 2.17. The van der Waals surface area contributed by atoms with Crippen LogP contribution in [0.5, 0.6) is 0 Å². The molecule has 0 saturated carbocycles. The molecule has 0 aliphatic rings. The van der Waals surface area contributed by atoms with Crippen molar-refractivity contribution in [3.8, 4) is 0 Å². The second kappa shape index (κ2) is 8.60. The van der Waals surface area contributed by atoms with E-state index >= 15 is 0 Å². The molecule has 0 aliphatic carbocycles. The van der Waals surface area contributed by atoms with Gasteiger partial charge in [-0.3, -0.25) is 5.43 Å². The SMILES string of the molecule is Cc1cccc(NC(=S)N/N=C\C(Br)=C\c2ccccc2)c1C. The molecule has 2 aromatic rings.